The van der Waals surface area contributed by atoms with E-state index >= 15 is 0 Å². The van der Waals surface area contributed by atoms with Gasteiger partial charge in [-0.15, -0.1) is 0 Å². The van der Waals surface area contributed by atoms with Gasteiger partial charge in [-0.2, -0.15) is 0 Å². The molecular weight excluding hydrogens is 260 g/mol. The van der Waals surface area contributed by atoms with Crippen molar-refractivity contribution >= 4 is 11.0 Å². The van der Waals surface area contributed by atoms with Crippen molar-refractivity contribution in [1.29, 1.82) is 0 Å². The van der Waals surface area contributed by atoms with Crippen LogP contribution in [0.15, 0.2) is 48.8 Å². The fourth-order valence-corrected chi connectivity index (χ4v) is 2.34. The van der Waals surface area contributed by atoms with Crippen molar-refractivity contribution in [2.45, 2.75) is 26.4 Å². The Labute approximate surface area is 124 Å². The molecule has 0 saturated carbocycles. The summed E-state index contributed by atoms with van der Waals surface area (Å²) >= 11 is 0. The number of benzene rings is 1. The quantitative estimate of drug-likeness (QED) is 0.779. The van der Waals surface area contributed by atoms with E-state index in [9.17, 15) is 0 Å². The predicted octanol–water partition coefficient (Wildman–Crippen LogP) is 2.88. The van der Waals surface area contributed by atoms with Crippen molar-refractivity contribution in [1.82, 2.24) is 20.3 Å². The molecular formula is C17H18N4. The minimum atomic E-state index is 0.692. The molecule has 0 amide bonds. The number of fused-ring (bicyclic) bond motifs is 1. The van der Waals surface area contributed by atoms with Gasteiger partial charge in [0, 0.05) is 19.3 Å². The Kier molecular flexibility index (Phi) is 4.17. The van der Waals surface area contributed by atoms with E-state index in [4.69, 9.17) is 0 Å². The van der Waals surface area contributed by atoms with Crippen LogP contribution in [0.4, 0.5) is 0 Å². The molecule has 0 bridgehead atoms. The zero-order chi connectivity index (χ0) is 14.5. The average molecular weight is 278 g/mol. The second-order valence-electron chi connectivity index (χ2n) is 4.92. The molecule has 3 rings (SSSR count). The fraction of sp³-hybridized carbons (Fsp3) is 0.235. The van der Waals surface area contributed by atoms with Gasteiger partial charge in [-0.3, -0.25) is 9.97 Å². The van der Waals surface area contributed by atoms with E-state index < -0.39 is 0 Å². The second-order valence-corrected chi connectivity index (χ2v) is 4.92. The molecule has 0 unspecified atom stereocenters. The third-order valence-electron chi connectivity index (χ3n) is 3.46. The Balaban J connectivity index is 1.66. The molecule has 1 aromatic carbocycles. The van der Waals surface area contributed by atoms with Crippen molar-refractivity contribution in [2.75, 3.05) is 0 Å². The maximum absolute atomic E-state index is 4.60. The topological polar surface area (TPSA) is 50.7 Å². The number of aromatic nitrogens is 3. The first-order chi connectivity index (χ1) is 10.4. The summed E-state index contributed by atoms with van der Waals surface area (Å²) in [7, 11) is 0. The monoisotopic (exact) mass is 278 g/mol. The molecule has 3 aromatic rings. The summed E-state index contributed by atoms with van der Waals surface area (Å²) in [6.45, 7) is 3.59. The lowest BCUT2D eigenvalue weighted by atomic mass is 10.1. The van der Waals surface area contributed by atoms with E-state index in [-0.39, 0.29) is 0 Å². The SMILES string of the molecule is CCc1cccnc1CNCc1cnc2ccccc2n1. The zero-order valence-corrected chi connectivity index (χ0v) is 12.1. The van der Waals surface area contributed by atoms with E-state index in [1.54, 1.807) is 0 Å². The van der Waals surface area contributed by atoms with Crippen LogP contribution in [0.25, 0.3) is 11.0 Å². The van der Waals surface area contributed by atoms with Gasteiger partial charge in [-0.05, 0) is 30.2 Å². The van der Waals surface area contributed by atoms with E-state index in [0.29, 0.717) is 6.54 Å². The Morgan fingerprint density at radius 1 is 0.952 bits per heavy atom. The molecule has 4 nitrogen and oxygen atoms in total. The molecule has 0 aliphatic rings. The van der Waals surface area contributed by atoms with Gasteiger partial charge in [0.2, 0.25) is 0 Å². The molecule has 0 saturated heterocycles. The average Bonchev–Trinajstić information content (AvgIpc) is 2.55. The number of pyridine rings is 1. The summed E-state index contributed by atoms with van der Waals surface area (Å²) in [6, 6.07) is 12.0. The molecule has 21 heavy (non-hydrogen) atoms. The van der Waals surface area contributed by atoms with Crippen LogP contribution in [-0.2, 0) is 19.5 Å². The molecule has 0 radical (unpaired) electrons. The molecule has 1 N–H and O–H groups in total. The maximum atomic E-state index is 4.60. The number of hydrogen-bond acceptors (Lipinski definition) is 4. The Morgan fingerprint density at radius 3 is 2.67 bits per heavy atom. The molecule has 4 heteroatoms. The van der Waals surface area contributed by atoms with Gasteiger partial charge in [-0.25, -0.2) is 4.98 Å². The van der Waals surface area contributed by atoms with Crippen molar-refractivity contribution in [2.24, 2.45) is 0 Å². The first kappa shape index (κ1) is 13.6. The van der Waals surface area contributed by atoms with Crippen LogP contribution in [0.5, 0.6) is 0 Å². The zero-order valence-electron chi connectivity index (χ0n) is 12.1. The number of para-hydroxylation sites is 2. The number of hydrogen-bond donors (Lipinski definition) is 1. The van der Waals surface area contributed by atoms with Crippen molar-refractivity contribution in [3.05, 3.63) is 65.7 Å². The van der Waals surface area contributed by atoms with Gasteiger partial charge in [0.25, 0.3) is 0 Å². The van der Waals surface area contributed by atoms with E-state index in [2.05, 4.69) is 33.3 Å². The van der Waals surface area contributed by atoms with Crippen LogP contribution >= 0.6 is 0 Å². The molecule has 106 valence electrons. The molecule has 0 aliphatic heterocycles. The molecule has 0 aliphatic carbocycles. The van der Waals surface area contributed by atoms with Crippen molar-refractivity contribution in [3.63, 3.8) is 0 Å². The molecule has 0 spiro atoms. The number of nitrogens with one attached hydrogen (secondary N) is 1. The van der Waals surface area contributed by atoms with Gasteiger partial charge >= 0.3 is 0 Å². The summed E-state index contributed by atoms with van der Waals surface area (Å²) in [5, 5.41) is 3.39. The normalized spacial score (nSPS) is 10.9. The van der Waals surface area contributed by atoms with Crippen molar-refractivity contribution in [3.8, 4) is 0 Å². The van der Waals surface area contributed by atoms with Gasteiger partial charge in [-0.1, -0.05) is 25.1 Å². The third-order valence-corrected chi connectivity index (χ3v) is 3.46. The summed E-state index contributed by atoms with van der Waals surface area (Å²) in [5.74, 6) is 0. The van der Waals surface area contributed by atoms with Crippen LogP contribution in [0, 0.1) is 0 Å². The Morgan fingerprint density at radius 2 is 1.81 bits per heavy atom. The standard InChI is InChI=1S/C17H18N4/c1-2-13-6-5-9-19-17(13)12-18-10-14-11-20-15-7-3-4-8-16(15)21-14/h3-9,11,18H,2,10,12H2,1H3. The molecule has 2 aromatic heterocycles. The van der Waals surface area contributed by atoms with Crippen molar-refractivity contribution < 1.29 is 0 Å². The predicted molar refractivity (Wildman–Crippen MR) is 83.7 cm³/mol. The lowest BCUT2D eigenvalue weighted by Crippen LogP contribution is -2.16. The lowest BCUT2D eigenvalue weighted by Gasteiger charge is -2.08. The first-order valence-electron chi connectivity index (χ1n) is 7.21. The first-order valence-corrected chi connectivity index (χ1v) is 7.21. The lowest BCUT2D eigenvalue weighted by molar-refractivity contribution is 0.661. The van der Waals surface area contributed by atoms with Crippen LogP contribution in [0.2, 0.25) is 0 Å². The highest BCUT2D eigenvalue weighted by atomic mass is 14.9. The van der Waals surface area contributed by atoms with Crippen LogP contribution in [-0.4, -0.2) is 15.0 Å². The highest BCUT2D eigenvalue weighted by Gasteiger charge is 2.02. The largest absolute Gasteiger partial charge is 0.305 e. The minimum absolute atomic E-state index is 0.692. The maximum Gasteiger partial charge on any atom is 0.0890 e. The van der Waals surface area contributed by atoms with Crippen LogP contribution in [0.3, 0.4) is 0 Å². The third kappa shape index (κ3) is 3.23. The van der Waals surface area contributed by atoms with Crippen LogP contribution < -0.4 is 5.32 Å². The molecule has 2 heterocycles. The van der Waals surface area contributed by atoms with E-state index in [0.717, 1.165) is 35.4 Å². The smallest absolute Gasteiger partial charge is 0.0890 e. The van der Waals surface area contributed by atoms with Gasteiger partial charge in [0.1, 0.15) is 0 Å². The van der Waals surface area contributed by atoms with E-state index in [1.165, 1.54) is 5.56 Å². The summed E-state index contributed by atoms with van der Waals surface area (Å²) in [6.07, 6.45) is 4.67. The number of aryl methyl sites for hydroxylation is 1. The van der Waals surface area contributed by atoms with Gasteiger partial charge < -0.3 is 5.32 Å². The fourth-order valence-electron chi connectivity index (χ4n) is 2.34. The summed E-state index contributed by atoms with van der Waals surface area (Å²) < 4.78 is 0. The number of nitrogens with zero attached hydrogens (tertiary/aromatic N) is 3. The second kappa shape index (κ2) is 6.41. The van der Waals surface area contributed by atoms with Crippen LogP contribution in [0.1, 0.15) is 23.9 Å². The van der Waals surface area contributed by atoms with E-state index in [1.807, 2.05) is 42.7 Å². The Hall–Kier alpha value is -2.33. The highest BCUT2D eigenvalue weighted by Crippen LogP contribution is 2.09. The summed E-state index contributed by atoms with van der Waals surface area (Å²) in [4.78, 5) is 13.5. The molecule has 0 fully saturated rings. The molecule has 0 atom stereocenters. The van der Waals surface area contributed by atoms with Gasteiger partial charge in [0.05, 0.1) is 28.6 Å². The highest BCUT2D eigenvalue weighted by molar-refractivity contribution is 5.73. The summed E-state index contributed by atoms with van der Waals surface area (Å²) in [5.41, 5.74) is 5.20. The van der Waals surface area contributed by atoms with Gasteiger partial charge in [0.15, 0.2) is 0 Å². The number of rotatable bonds is 5. The Bertz CT molecular complexity index is 739. The minimum Gasteiger partial charge on any atom is -0.305 e.